The Hall–Kier alpha value is -1.94. The first kappa shape index (κ1) is 16.9. The zero-order valence-electron chi connectivity index (χ0n) is 14.8. The number of nitrogens with zero attached hydrogens (tertiary/aromatic N) is 2. The third kappa shape index (κ3) is 4.32. The highest BCUT2D eigenvalue weighted by atomic mass is 16.5. The second-order valence-corrected chi connectivity index (χ2v) is 6.98. The van der Waals surface area contributed by atoms with Gasteiger partial charge < -0.3 is 10.1 Å². The van der Waals surface area contributed by atoms with E-state index in [0.717, 1.165) is 43.4 Å². The van der Waals surface area contributed by atoms with Gasteiger partial charge in [0.2, 0.25) is 0 Å². The first-order chi connectivity index (χ1) is 11.6. The van der Waals surface area contributed by atoms with Gasteiger partial charge >= 0.3 is 0 Å². The van der Waals surface area contributed by atoms with Gasteiger partial charge in [-0.15, -0.1) is 0 Å². The minimum Gasteiger partial charge on any atom is -0.381 e. The van der Waals surface area contributed by atoms with Crippen LogP contribution in [0, 0.1) is 12.8 Å². The Bertz CT molecular complexity index is 651. The van der Waals surface area contributed by atoms with Crippen LogP contribution in [0.25, 0.3) is 0 Å². The summed E-state index contributed by atoms with van der Waals surface area (Å²) in [5, 5.41) is 3.65. The van der Waals surface area contributed by atoms with Crippen molar-refractivity contribution in [3.05, 3.63) is 53.5 Å². The first-order valence-electron chi connectivity index (χ1n) is 8.86. The standard InChI is InChI=1S/C20H27N3O/c1-14(2)20-21-15(3)11-19(23-20)22-18(12-16-9-10-24-13-16)17-7-5-4-6-8-17/h4-8,11,14,16,18H,9-10,12-13H2,1-3H3,(H,21,22,23). The number of ether oxygens (including phenoxy) is 1. The summed E-state index contributed by atoms with van der Waals surface area (Å²) in [6.07, 6.45) is 2.20. The van der Waals surface area contributed by atoms with E-state index in [1.54, 1.807) is 0 Å². The van der Waals surface area contributed by atoms with E-state index in [1.165, 1.54) is 5.56 Å². The summed E-state index contributed by atoms with van der Waals surface area (Å²) in [5.74, 6) is 2.74. The Morgan fingerprint density at radius 3 is 2.67 bits per heavy atom. The Morgan fingerprint density at radius 1 is 1.21 bits per heavy atom. The van der Waals surface area contributed by atoms with Crippen molar-refractivity contribution in [2.24, 2.45) is 5.92 Å². The Labute approximate surface area is 144 Å². The van der Waals surface area contributed by atoms with Gasteiger partial charge in [-0.1, -0.05) is 44.2 Å². The van der Waals surface area contributed by atoms with Crippen molar-refractivity contribution in [3.8, 4) is 0 Å². The van der Waals surface area contributed by atoms with Gasteiger partial charge in [-0.2, -0.15) is 0 Å². The largest absolute Gasteiger partial charge is 0.381 e. The number of nitrogens with one attached hydrogen (secondary N) is 1. The molecule has 0 spiro atoms. The number of aryl methyl sites for hydroxylation is 1. The highest BCUT2D eigenvalue weighted by molar-refractivity contribution is 5.40. The van der Waals surface area contributed by atoms with Crippen LogP contribution in [-0.4, -0.2) is 23.2 Å². The third-order valence-corrected chi connectivity index (χ3v) is 4.50. The van der Waals surface area contributed by atoms with Crippen LogP contribution in [0.2, 0.25) is 0 Å². The predicted molar refractivity (Wildman–Crippen MR) is 97.2 cm³/mol. The fourth-order valence-corrected chi connectivity index (χ4v) is 3.17. The van der Waals surface area contributed by atoms with Crippen molar-refractivity contribution in [1.82, 2.24) is 9.97 Å². The molecule has 2 unspecified atom stereocenters. The summed E-state index contributed by atoms with van der Waals surface area (Å²) in [7, 11) is 0. The van der Waals surface area contributed by atoms with E-state index in [2.05, 4.69) is 54.5 Å². The average Bonchev–Trinajstić information content (AvgIpc) is 3.07. The highest BCUT2D eigenvalue weighted by Crippen LogP contribution is 2.29. The van der Waals surface area contributed by atoms with Crippen LogP contribution in [0.3, 0.4) is 0 Å². The summed E-state index contributed by atoms with van der Waals surface area (Å²) in [4.78, 5) is 9.27. The monoisotopic (exact) mass is 325 g/mol. The van der Waals surface area contributed by atoms with Gasteiger partial charge in [0.15, 0.2) is 0 Å². The van der Waals surface area contributed by atoms with Gasteiger partial charge in [0.1, 0.15) is 11.6 Å². The lowest BCUT2D eigenvalue weighted by Gasteiger charge is -2.23. The molecule has 0 aliphatic carbocycles. The molecule has 1 N–H and O–H groups in total. The third-order valence-electron chi connectivity index (χ3n) is 4.50. The quantitative estimate of drug-likeness (QED) is 0.850. The molecule has 1 aliphatic rings. The lowest BCUT2D eigenvalue weighted by atomic mass is 9.94. The maximum Gasteiger partial charge on any atom is 0.133 e. The van der Waals surface area contributed by atoms with Crippen molar-refractivity contribution in [2.75, 3.05) is 18.5 Å². The molecule has 0 bridgehead atoms. The summed E-state index contributed by atoms with van der Waals surface area (Å²) in [5.41, 5.74) is 2.30. The van der Waals surface area contributed by atoms with Crippen molar-refractivity contribution < 1.29 is 4.74 Å². The molecule has 1 aromatic carbocycles. The molecule has 4 heteroatoms. The van der Waals surface area contributed by atoms with Crippen molar-refractivity contribution in [2.45, 2.75) is 45.6 Å². The van der Waals surface area contributed by atoms with E-state index in [9.17, 15) is 0 Å². The molecule has 4 nitrogen and oxygen atoms in total. The van der Waals surface area contributed by atoms with Crippen LogP contribution in [0.4, 0.5) is 5.82 Å². The van der Waals surface area contributed by atoms with E-state index in [0.29, 0.717) is 11.8 Å². The molecule has 0 amide bonds. The van der Waals surface area contributed by atoms with Crippen LogP contribution in [-0.2, 0) is 4.74 Å². The molecule has 1 aromatic heterocycles. The second kappa shape index (κ2) is 7.75. The van der Waals surface area contributed by atoms with Gasteiger partial charge in [0, 0.05) is 30.9 Å². The van der Waals surface area contributed by atoms with Gasteiger partial charge in [-0.05, 0) is 31.2 Å². The fourth-order valence-electron chi connectivity index (χ4n) is 3.17. The first-order valence-corrected chi connectivity index (χ1v) is 8.86. The zero-order chi connectivity index (χ0) is 16.9. The molecule has 128 valence electrons. The maximum atomic E-state index is 5.56. The Morgan fingerprint density at radius 2 is 2.00 bits per heavy atom. The number of anilines is 1. The summed E-state index contributed by atoms with van der Waals surface area (Å²) in [6, 6.07) is 12.9. The second-order valence-electron chi connectivity index (χ2n) is 6.98. The normalized spacial score (nSPS) is 18.8. The number of benzene rings is 1. The number of hydrogen-bond donors (Lipinski definition) is 1. The summed E-state index contributed by atoms with van der Waals surface area (Å²) in [6.45, 7) is 8.04. The van der Waals surface area contributed by atoms with E-state index < -0.39 is 0 Å². The highest BCUT2D eigenvalue weighted by Gasteiger charge is 2.22. The molecule has 2 atom stereocenters. The van der Waals surface area contributed by atoms with Gasteiger partial charge in [-0.3, -0.25) is 0 Å². The molecule has 1 aliphatic heterocycles. The molecule has 3 rings (SSSR count). The van der Waals surface area contributed by atoms with Crippen molar-refractivity contribution >= 4 is 5.82 Å². The smallest absolute Gasteiger partial charge is 0.133 e. The van der Waals surface area contributed by atoms with Gasteiger partial charge in [0.05, 0.1) is 6.04 Å². The summed E-state index contributed by atoms with van der Waals surface area (Å²) < 4.78 is 5.56. The predicted octanol–water partition coefficient (Wildman–Crippen LogP) is 4.49. The molecule has 1 fully saturated rings. The molecule has 1 saturated heterocycles. The average molecular weight is 325 g/mol. The van der Waals surface area contributed by atoms with E-state index in [4.69, 9.17) is 9.72 Å². The topological polar surface area (TPSA) is 47.0 Å². The summed E-state index contributed by atoms with van der Waals surface area (Å²) >= 11 is 0. The zero-order valence-corrected chi connectivity index (χ0v) is 14.8. The molecule has 2 heterocycles. The van der Waals surface area contributed by atoms with Crippen LogP contribution >= 0.6 is 0 Å². The minimum absolute atomic E-state index is 0.243. The molecular formula is C20H27N3O. The fraction of sp³-hybridized carbons (Fsp3) is 0.500. The van der Waals surface area contributed by atoms with E-state index in [1.807, 2.05) is 13.0 Å². The van der Waals surface area contributed by atoms with Crippen LogP contribution < -0.4 is 5.32 Å². The minimum atomic E-state index is 0.243. The van der Waals surface area contributed by atoms with Gasteiger partial charge in [-0.25, -0.2) is 9.97 Å². The van der Waals surface area contributed by atoms with E-state index in [-0.39, 0.29) is 6.04 Å². The number of rotatable bonds is 6. The molecule has 24 heavy (non-hydrogen) atoms. The molecule has 0 saturated carbocycles. The van der Waals surface area contributed by atoms with Crippen molar-refractivity contribution in [3.63, 3.8) is 0 Å². The van der Waals surface area contributed by atoms with E-state index >= 15 is 0 Å². The maximum absolute atomic E-state index is 5.56. The van der Waals surface area contributed by atoms with Gasteiger partial charge in [0.25, 0.3) is 0 Å². The molecule has 0 radical (unpaired) electrons. The van der Waals surface area contributed by atoms with Crippen molar-refractivity contribution in [1.29, 1.82) is 0 Å². The van der Waals surface area contributed by atoms with Crippen LogP contribution in [0.15, 0.2) is 36.4 Å². The lowest BCUT2D eigenvalue weighted by molar-refractivity contribution is 0.183. The SMILES string of the molecule is Cc1cc(NC(CC2CCOC2)c2ccccc2)nc(C(C)C)n1. The lowest BCUT2D eigenvalue weighted by Crippen LogP contribution is -2.17. The number of aromatic nitrogens is 2. The number of hydrogen-bond acceptors (Lipinski definition) is 4. The molecular weight excluding hydrogens is 298 g/mol. The van der Waals surface area contributed by atoms with Crippen LogP contribution in [0.5, 0.6) is 0 Å². The Kier molecular flexibility index (Phi) is 5.46. The Balaban J connectivity index is 1.83. The van der Waals surface area contributed by atoms with Crippen LogP contribution in [0.1, 0.15) is 55.7 Å². The molecule has 2 aromatic rings.